The van der Waals surface area contributed by atoms with E-state index < -0.39 is 6.29 Å². The number of para-hydroxylation sites is 1. The van der Waals surface area contributed by atoms with Crippen molar-refractivity contribution in [2.75, 3.05) is 17.3 Å². The minimum Gasteiger partial charge on any atom is -0.347 e. The molecule has 0 spiro atoms. The molecule has 0 radical (unpaired) electrons. The first-order valence-corrected chi connectivity index (χ1v) is 10.4. The molecular weight excluding hydrogens is 350 g/mol. The monoisotopic (exact) mass is 381 g/mol. The van der Waals surface area contributed by atoms with Crippen LogP contribution in [0.25, 0.3) is 0 Å². The van der Waals surface area contributed by atoms with Crippen LogP contribution in [0, 0.1) is 0 Å². The van der Waals surface area contributed by atoms with Gasteiger partial charge in [0.05, 0.1) is 24.4 Å². The molecule has 1 aliphatic heterocycles. The van der Waals surface area contributed by atoms with E-state index in [1.165, 1.54) is 0 Å². The molecule has 1 aromatic rings. The van der Waals surface area contributed by atoms with Gasteiger partial charge in [-0.05, 0) is 43.2 Å². The molecule has 26 heavy (non-hydrogen) atoms. The molecule has 0 aliphatic carbocycles. The lowest BCUT2D eigenvalue weighted by molar-refractivity contribution is -0.238. The predicted molar refractivity (Wildman–Crippen MR) is 107 cm³/mol. The summed E-state index contributed by atoms with van der Waals surface area (Å²) in [5.74, 6) is -0.163. The van der Waals surface area contributed by atoms with E-state index in [2.05, 4.69) is 45.9 Å². The molecule has 0 aromatic heterocycles. The number of hydrogen-bond acceptors (Lipinski definition) is 3. The zero-order chi connectivity index (χ0) is 19.1. The summed E-state index contributed by atoms with van der Waals surface area (Å²) in [6, 6.07) is 6.21. The fourth-order valence-corrected chi connectivity index (χ4v) is 3.72. The van der Waals surface area contributed by atoms with Crippen molar-refractivity contribution in [1.82, 2.24) is 0 Å². The maximum Gasteiger partial charge on any atom is 0.242 e. The molecular formula is C21H32ClNO3. The number of rotatable bonds is 8. The molecule has 146 valence electrons. The molecule has 2 unspecified atom stereocenters. The second-order valence-electron chi connectivity index (χ2n) is 6.77. The van der Waals surface area contributed by atoms with Gasteiger partial charge in [0.25, 0.3) is 0 Å². The standard InChI is InChI=1S/C21H32ClNO3/c1-5-15-10-9-11-16(6-2)21(15)23(19(24)13-22)14-20-25-17(7-3)12-18(8-4)26-20/h9-11,17-18,20H,5-8,12-14H2,1-4H3. The predicted octanol–water partition coefficient (Wildman–Crippen LogP) is 4.70. The lowest BCUT2D eigenvalue weighted by Gasteiger charge is -2.38. The molecule has 1 saturated heterocycles. The highest BCUT2D eigenvalue weighted by molar-refractivity contribution is 6.29. The summed E-state index contributed by atoms with van der Waals surface area (Å²) in [4.78, 5) is 14.5. The highest BCUT2D eigenvalue weighted by Crippen LogP contribution is 2.30. The highest BCUT2D eigenvalue weighted by Gasteiger charge is 2.32. The van der Waals surface area contributed by atoms with Gasteiger partial charge in [0.2, 0.25) is 5.91 Å². The summed E-state index contributed by atoms with van der Waals surface area (Å²) in [5, 5.41) is 0. The highest BCUT2D eigenvalue weighted by atomic mass is 35.5. The molecule has 1 amide bonds. The van der Waals surface area contributed by atoms with Gasteiger partial charge in [-0.2, -0.15) is 0 Å². The third-order valence-electron chi connectivity index (χ3n) is 5.11. The van der Waals surface area contributed by atoms with Crippen LogP contribution in [0.1, 0.15) is 58.1 Å². The average molecular weight is 382 g/mol. The Labute approximate surface area is 162 Å². The molecule has 0 saturated carbocycles. The van der Waals surface area contributed by atoms with Crippen molar-refractivity contribution >= 4 is 23.2 Å². The maximum absolute atomic E-state index is 12.7. The topological polar surface area (TPSA) is 38.8 Å². The van der Waals surface area contributed by atoms with E-state index in [0.717, 1.165) is 48.9 Å². The lowest BCUT2D eigenvalue weighted by atomic mass is 10.0. The maximum atomic E-state index is 12.7. The first-order valence-electron chi connectivity index (χ1n) is 9.85. The van der Waals surface area contributed by atoms with Gasteiger partial charge in [0.1, 0.15) is 5.88 Å². The number of carbonyl (C=O) groups excluding carboxylic acids is 1. The van der Waals surface area contributed by atoms with Gasteiger partial charge in [-0.1, -0.05) is 45.9 Å². The van der Waals surface area contributed by atoms with Crippen molar-refractivity contribution in [3.8, 4) is 0 Å². The van der Waals surface area contributed by atoms with Crippen LogP contribution in [0.2, 0.25) is 0 Å². The quantitative estimate of drug-likeness (QED) is 0.612. The Balaban J connectivity index is 2.33. The van der Waals surface area contributed by atoms with Crippen molar-refractivity contribution in [1.29, 1.82) is 0 Å². The number of alkyl halides is 1. The smallest absolute Gasteiger partial charge is 0.242 e. The van der Waals surface area contributed by atoms with Crippen LogP contribution in [0.15, 0.2) is 18.2 Å². The molecule has 1 aliphatic rings. The van der Waals surface area contributed by atoms with Crippen LogP contribution in [0.3, 0.4) is 0 Å². The van der Waals surface area contributed by atoms with E-state index >= 15 is 0 Å². The van der Waals surface area contributed by atoms with Gasteiger partial charge >= 0.3 is 0 Å². The first-order chi connectivity index (χ1) is 12.6. The Bertz CT molecular complexity index is 558. The van der Waals surface area contributed by atoms with E-state index in [4.69, 9.17) is 21.1 Å². The minimum atomic E-state index is -0.416. The lowest BCUT2D eigenvalue weighted by Crippen LogP contribution is -2.47. The second kappa shape index (κ2) is 10.3. The van der Waals surface area contributed by atoms with Crippen LogP contribution in [0.5, 0.6) is 0 Å². The number of carbonyl (C=O) groups is 1. The summed E-state index contributed by atoms with van der Waals surface area (Å²) in [6.45, 7) is 8.85. The summed E-state index contributed by atoms with van der Waals surface area (Å²) in [7, 11) is 0. The minimum absolute atomic E-state index is 0.0532. The number of ether oxygens (including phenoxy) is 2. The molecule has 1 heterocycles. The van der Waals surface area contributed by atoms with Crippen molar-refractivity contribution in [3.05, 3.63) is 29.3 Å². The molecule has 1 aromatic carbocycles. The van der Waals surface area contributed by atoms with Crippen molar-refractivity contribution in [3.63, 3.8) is 0 Å². The molecule has 4 nitrogen and oxygen atoms in total. The normalized spacial score (nSPS) is 23.0. The number of nitrogens with zero attached hydrogens (tertiary/aromatic N) is 1. The van der Waals surface area contributed by atoms with E-state index in [1.807, 2.05) is 0 Å². The molecule has 0 bridgehead atoms. The molecule has 2 atom stereocenters. The Morgan fingerprint density at radius 1 is 1.08 bits per heavy atom. The van der Waals surface area contributed by atoms with Crippen molar-refractivity contribution < 1.29 is 14.3 Å². The number of benzene rings is 1. The van der Waals surface area contributed by atoms with Gasteiger partial charge in [-0.25, -0.2) is 0 Å². The third-order valence-corrected chi connectivity index (χ3v) is 5.34. The summed E-state index contributed by atoms with van der Waals surface area (Å²) in [5.41, 5.74) is 3.28. The van der Waals surface area contributed by atoms with Crippen molar-refractivity contribution in [2.24, 2.45) is 0 Å². The van der Waals surface area contributed by atoms with Crippen LogP contribution < -0.4 is 4.90 Å². The Morgan fingerprint density at radius 2 is 1.62 bits per heavy atom. The van der Waals surface area contributed by atoms with E-state index in [-0.39, 0.29) is 24.0 Å². The van der Waals surface area contributed by atoms with Crippen LogP contribution in [0.4, 0.5) is 5.69 Å². The van der Waals surface area contributed by atoms with Crippen LogP contribution in [-0.4, -0.2) is 36.8 Å². The Hall–Kier alpha value is -1.10. The fraction of sp³-hybridized carbons (Fsp3) is 0.667. The number of halogens is 1. The van der Waals surface area contributed by atoms with Gasteiger partial charge in [-0.3, -0.25) is 4.79 Å². The van der Waals surface area contributed by atoms with E-state index in [1.54, 1.807) is 4.90 Å². The molecule has 1 fully saturated rings. The summed E-state index contributed by atoms with van der Waals surface area (Å²) < 4.78 is 12.2. The molecule has 2 rings (SSSR count). The Morgan fingerprint density at radius 3 is 2.04 bits per heavy atom. The van der Waals surface area contributed by atoms with Crippen molar-refractivity contribution in [2.45, 2.75) is 78.3 Å². The van der Waals surface area contributed by atoms with Gasteiger partial charge in [0, 0.05) is 0 Å². The number of hydrogen-bond donors (Lipinski definition) is 0. The zero-order valence-electron chi connectivity index (χ0n) is 16.5. The molecule has 5 heteroatoms. The number of aryl methyl sites for hydroxylation is 2. The number of anilines is 1. The summed E-state index contributed by atoms with van der Waals surface area (Å²) in [6.07, 6.45) is 4.47. The van der Waals surface area contributed by atoms with Crippen LogP contribution >= 0.6 is 11.6 Å². The first kappa shape index (κ1) is 21.2. The summed E-state index contributed by atoms with van der Waals surface area (Å²) >= 11 is 5.94. The van der Waals surface area contributed by atoms with Gasteiger partial charge in [-0.15, -0.1) is 11.6 Å². The van der Waals surface area contributed by atoms with Crippen LogP contribution in [-0.2, 0) is 27.1 Å². The van der Waals surface area contributed by atoms with Gasteiger partial charge < -0.3 is 14.4 Å². The third kappa shape index (κ3) is 4.99. The van der Waals surface area contributed by atoms with E-state index in [0.29, 0.717) is 6.54 Å². The Kier molecular flexibility index (Phi) is 8.39. The largest absolute Gasteiger partial charge is 0.347 e. The molecule has 0 N–H and O–H groups in total. The van der Waals surface area contributed by atoms with Gasteiger partial charge in [0.15, 0.2) is 6.29 Å². The van der Waals surface area contributed by atoms with E-state index in [9.17, 15) is 4.79 Å². The fourth-order valence-electron chi connectivity index (χ4n) is 3.58. The second-order valence-corrected chi connectivity index (χ2v) is 7.04. The average Bonchev–Trinajstić information content (AvgIpc) is 2.70. The SMILES string of the molecule is CCc1cccc(CC)c1N(CC1OC(CC)CC(CC)O1)C(=O)CCl. The number of amides is 1. The zero-order valence-corrected chi connectivity index (χ0v) is 17.2.